The zero-order valence-electron chi connectivity index (χ0n) is 6.37. The summed E-state index contributed by atoms with van der Waals surface area (Å²) in [4.78, 5) is 19.5. The quantitative estimate of drug-likeness (QED) is 0.461. The van der Waals surface area contributed by atoms with Crippen LogP contribution in [0.4, 0.5) is 0 Å². The van der Waals surface area contributed by atoms with E-state index in [-0.39, 0.29) is 12.2 Å². The van der Waals surface area contributed by atoms with E-state index < -0.39 is 5.62 Å². The molecule has 1 atom stereocenters. The molecule has 0 saturated carbocycles. The van der Waals surface area contributed by atoms with Gasteiger partial charge in [0.15, 0.2) is 0 Å². The van der Waals surface area contributed by atoms with Gasteiger partial charge in [0.1, 0.15) is 5.78 Å². The molecule has 62 valence electrons. The molecule has 1 aliphatic rings. The Morgan fingerprint density at radius 3 is 2.91 bits per heavy atom. The minimum Gasteiger partial charge on any atom is -0.387 e. The summed E-state index contributed by atoms with van der Waals surface area (Å²) in [6, 6.07) is 0. The van der Waals surface area contributed by atoms with Crippen LogP contribution in [0.5, 0.6) is 0 Å². The van der Waals surface area contributed by atoms with Crippen LogP contribution in [0.3, 0.4) is 0 Å². The average Bonchev–Trinajstić information content (AvgIpc) is 2.10. The third-order valence-electron chi connectivity index (χ3n) is 1.20. The molecule has 0 aromatic carbocycles. The molecule has 0 N–H and O–H groups in total. The van der Waals surface area contributed by atoms with E-state index in [0.717, 1.165) is 0 Å². The second kappa shape index (κ2) is 3.19. The molecule has 1 heterocycles. The maximum absolute atomic E-state index is 10.6. The van der Waals surface area contributed by atoms with Gasteiger partial charge < -0.3 is 4.84 Å². The normalized spacial score (nSPS) is 24.6. The highest BCUT2D eigenvalue weighted by Gasteiger charge is 2.23. The summed E-state index contributed by atoms with van der Waals surface area (Å²) in [6.45, 7) is 1.48. The topological polar surface area (TPSA) is 41.9 Å². The van der Waals surface area contributed by atoms with Gasteiger partial charge in [-0.2, -0.15) is 0 Å². The number of halogens is 1. The summed E-state index contributed by atoms with van der Waals surface area (Å²) in [7, 11) is 1.66. The molecule has 4 nitrogen and oxygen atoms in total. The van der Waals surface area contributed by atoms with Crippen LogP contribution >= 0.6 is 11.6 Å². The fraction of sp³-hybridized carbons (Fsp3) is 0.667. The van der Waals surface area contributed by atoms with E-state index in [4.69, 9.17) is 16.4 Å². The molecule has 0 aromatic heterocycles. The molecule has 5 heteroatoms. The zero-order chi connectivity index (χ0) is 8.43. The number of hydroxylamine groups is 2. The number of nitrogens with zero attached hydrogens (tertiary/aromatic N) is 2. The molecule has 1 rings (SSSR count). The summed E-state index contributed by atoms with van der Waals surface area (Å²) >= 11 is 5.64. The van der Waals surface area contributed by atoms with Crippen molar-refractivity contribution in [2.75, 3.05) is 7.05 Å². The third-order valence-corrected chi connectivity index (χ3v) is 1.57. The summed E-state index contributed by atoms with van der Waals surface area (Å²) in [5, 5.41) is 1.39. The first-order valence-corrected chi connectivity index (χ1v) is 3.64. The van der Waals surface area contributed by atoms with Gasteiger partial charge >= 0.3 is 0 Å². The number of Topliss-reactive ketones (excluding diaryl/α,β-unsaturated/α-hetero) is 1. The van der Waals surface area contributed by atoms with E-state index in [1.165, 1.54) is 12.0 Å². The van der Waals surface area contributed by atoms with Crippen molar-refractivity contribution in [3.63, 3.8) is 0 Å². The van der Waals surface area contributed by atoms with Crippen LogP contribution in [-0.4, -0.2) is 29.4 Å². The number of carbonyl (C=O) groups is 1. The van der Waals surface area contributed by atoms with Gasteiger partial charge in [-0.3, -0.25) is 4.79 Å². The van der Waals surface area contributed by atoms with Gasteiger partial charge in [-0.05, 0) is 6.92 Å². The Bertz CT molecular complexity index is 205. The van der Waals surface area contributed by atoms with Gasteiger partial charge in [-0.15, -0.1) is 5.06 Å². The fourth-order valence-corrected chi connectivity index (χ4v) is 0.873. The molecule has 0 radical (unpaired) electrons. The highest BCUT2D eigenvalue weighted by molar-refractivity contribution is 6.21. The number of alkyl halides is 1. The van der Waals surface area contributed by atoms with Gasteiger partial charge in [0.25, 0.3) is 0 Å². The summed E-state index contributed by atoms with van der Waals surface area (Å²) < 4.78 is 0. The predicted molar refractivity (Wildman–Crippen MR) is 41.2 cm³/mol. The third kappa shape index (κ3) is 2.17. The van der Waals surface area contributed by atoms with E-state index in [1.54, 1.807) is 7.05 Å². The number of carbonyl (C=O) groups excluding carboxylic acids is 1. The van der Waals surface area contributed by atoms with Crippen molar-refractivity contribution in [3.8, 4) is 0 Å². The predicted octanol–water partition coefficient (Wildman–Crippen LogP) is 0.763. The van der Waals surface area contributed by atoms with E-state index in [9.17, 15) is 4.79 Å². The van der Waals surface area contributed by atoms with Crippen molar-refractivity contribution < 1.29 is 9.63 Å². The van der Waals surface area contributed by atoms with Crippen molar-refractivity contribution in [1.29, 1.82) is 0 Å². The second-order valence-electron chi connectivity index (χ2n) is 2.35. The molecule has 1 unspecified atom stereocenters. The Hall–Kier alpha value is -0.610. The van der Waals surface area contributed by atoms with E-state index >= 15 is 0 Å². The van der Waals surface area contributed by atoms with Gasteiger partial charge in [0.05, 0.1) is 6.42 Å². The van der Waals surface area contributed by atoms with Crippen molar-refractivity contribution in [3.05, 3.63) is 0 Å². The van der Waals surface area contributed by atoms with Gasteiger partial charge in [0.2, 0.25) is 11.5 Å². The Morgan fingerprint density at radius 1 is 1.91 bits per heavy atom. The number of rotatable bonds is 2. The lowest BCUT2D eigenvalue weighted by atomic mass is 10.3. The van der Waals surface area contributed by atoms with Gasteiger partial charge in [-0.25, -0.2) is 4.99 Å². The average molecular weight is 177 g/mol. The molecular weight excluding hydrogens is 168 g/mol. The van der Waals surface area contributed by atoms with Gasteiger partial charge in [0, 0.05) is 7.05 Å². The standard InChI is InChI=1S/C6H9ClN2O2/c1-4(10)3-5-8-6(7)9(2)11-5/h6H,3H2,1-2H3. The van der Waals surface area contributed by atoms with Crippen LogP contribution in [0.15, 0.2) is 4.99 Å². The Balaban J connectivity index is 2.50. The number of aliphatic imine (C=N–C) groups is 1. The van der Waals surface area contributed by atoms with Crippen LogP contribution < -0.4 is 0 Å². The molecule has 0 aromatic rings. The molecule has 0 bridgehead atoms. The first-order valence-electron chi connectivity index (χ1n) is 3.20. The smallest absolute Gasteiger partial charge is 0.220 e. The summed E-state index contributed by atoms with van der Waals surface area (Å²) in [5.41, 5.74) is -0.496. The SMILES string of the molecule is CC(=O)CC1=NC(Cl)N(C)O1. The summed E-state index contributed by atoms with van der Waals surface area (Å²) in [6.07, 6.45) is 0.216. The van der Waals surface area contributed by atoms with Crippen molar-refractivity contribution in [1.82, 2.24) is 5.06 Å². The first kappa shape index (κ1) is 8.49. The second-order valence-corrected chi connectivity index (χ2v) is 2.74. The Morgan fingerprint density at radius 2 is 2.55 bits per heavy atom. The first-order chi connectivity index (χ1) is 5.09. The molecule has 0 spiro atoms. The Kier molecular flexibility index (Phi) is 2.46. The van der Waals surface area contributed by atoms with Crippen LogP contribution in [-0.2, 0) is 9.63 Å². The minimum atomic E-state index is -0.496. The fourth-order valence-electron chi connectivity index (χ4n) is 0.724. The van der Waals surface area contributed by atoms with Crippen LogP contribution in [0, 0.1) is 0 Å². The monoisotopic (exact) mass is 176 g/mol. The number of hydrogen-bond donors (Lipinski definition) is 0. The molecule has 11 heavy (non-hydrogen) atoms. The Labute approximate surface area is 69.7 Å². The lowest BCUT2D eigenvalue weighted by Gasteiger charge is -2.08. The van der Waals surface area contributed by atoms with Crippen molar-refractivity contribution >= 4 is 23.3 Å². The lowest BCUT2D eigenvalue weighted by molar-refractivity contribution is -0.116. The van der Waals surface area contributed by atoms with Crippen LogP contribution in [0.2, 0.25) is 0 Å². The maximum atomic E-state index is 10.6. The van der Waals surface area contributed by atoms with Crippen molar-refractivity contribution in [2.24, 2.45) is 4.99 Å². The molecule has 0 saturated heterocycles. The zero-order valence-corrected chi connectivity index (χ0v) is 7.13. The van der Waals surface area contributed by atoms with Crippen LogP contribution in [0.25, 0.3) is 0 Å². The van der Waals surface area contributed by atoms with E-state index in [2.05, 4.69) is 4.99 Å². The molecule has 0 fully saturated rings. The van der Waals surface area contributed by atoms with Crippen molar-refractivity contribution in [2.45, 2.75) is 19.0 Å². The molecular formula is C6H9ClN2O2. The number of ketones is 1. The van der Waals surface area contributed by atoms with Gasteiger partial charge in [-0.1, -0.05) is 11.6 Å². The summed E-state index contributed by atoms with van der Waals surface area (Å²) in [5.74, 6) is 0.405. The highest BCUT2D eigenvalue weighted by atomic mass is 35.5. The minimum absolute atomic E-state index is 0.0166. The largest absolute Gasteiger partial charge is 0.387 e. The lowest BCUT2D eigenvalue weighted by Crippen LogP contribution is -2.20. The highest BCUT2D eigenvalue weighted by Crippen LogP contribution is 2.14. The molecule has 0 aliphatic carbocycles. The van der Waals surface area contributed by atoms with E-state index in [1.807, 2.05) is 0 Å². The molecule has 1 aliphatic heterocycles. The van der Waals surface area contributed by atoms with E-state index in [0.29, 0.717) is 5.90 Å². The molecule has 0 amide bonds. The maximum Gasteiger partial charge on any atom is 0.220 e. The number of hydrogen-bond acceptors (Lipinski definition) is 4. The van der Waals surface area contributed by atoms with Crippen LogP contribution in [0.1, 0.15) is 13.3 Å².